The Morgan fingerprint density at radius 1 is 1.50 bits per heavy atom. The molecule has 2 rings (SSSR count). The third-order valence-electron chi connectivity index (χ3n) is 3.34. The van der Waals surface area contributed by atoms with Crippen LogP contribution in [0.25, 0.3) is 0 Å². The highest BCUT2D eigenvalue weighted by Gasteiger charge is 2.30. The lowest BCUT2D eigenvalue weighted by atomic mass is 10.1. The zero-order valence-corrected chi connectivity index (χ0v) is 11.1. The van der Waals surface area contributed by atoms with Crippen molar-refractivity contribution in [1.82, 2.24) is 4.90 Å². The van der Waals surface area contributed by atoms with Crippen LogP contribution in [0.2, 0.25) is 5.02 Å². The summed E-state index contributed by atoms with van der Waals surface area (Å²) in [5.41, 5.74) is 0.948. The summed E-state index contributed by atoms with van der Waals surface area (Å²) < 4.78 is 5.17. The lowest BCUT2D eigenvalue weighted by molar-refractivity contribution is 0.150. The van der Waals surface area contributed by atoms with E-state index in [4.69, 9.17) is 16.3 Å². The first kappa shape index (κ1) is 13.6. The number of hydrogen-bond acceptors (Lipinski definition) is 4. The molecule has 1 aromatic rings. The van der Waals surface area contributed by atoms with Crippen molar-refractivity contribution < 1.29 is 14.9 Å². The summed E-state index contributed by atoms with van der Waals surface area (Å²) in [4.78, 5) is 2.05. The van der Waals surface area contributed by atoms with Gasteiger partial charge in [-0.1, -0.05) is 11.6 Å². The number of β-amino-alcohol motifs (C(OH)–C–C–N with tert-alkyl or cyclic N) is 1. The van der Waals surface area contributed by atoms with Crippen LogP contribution in [0.4, 0.5) is 0 Å². The Morgan fingerprint density at radius 2 is 2.28 bits per heavy atom. The summed E-state index contributed by atoms with van der Waals surface area (Å²) in [6, 6.07) is 5.51. The summed E-state index contributed by atoms with van der Waals surface area (Å²) >= 11 is 6.15. The van der Waals surface area contributed by atoms with Gasteiger partial charge in [0.2, 0.25) is 0 Å². The lowest BCUT2D eigenvalue weighted by Crippen LogP contribution is -2.32. The van der Waals surface area contributed by atoms with Crippen LogP contribution in [0.1, 0.15) is 12.0 Å². The van der Waals surface area contributed by atoms with Crippen LogP contribution >= 0.6 is 11.6 Å². The molecule has 0 aliphatic carbocycles. The van der Waals surface area contributed by atoms with Gasteiger partial charge in [-0.3, -0.25) is 4.90 Å². The molecule has 1 aliphatic rings. The monoisotopic (exact) mass is 271 g/mol. The van der Waals surface area contributed by atoms with Gasteiger partial charge >= 0.3 is 0 Å². The van der Waals surface area contributed by atoms with Gasteiger partial charge < -0.3 is 14.9 Å². The summed E-state index contributed by atoms with van der Waals surface area (Å²) in [5, 5.41) is 19.6. The fraction of sp³-hybridized carbons (Fsp3) is 0.538. The highest BCUT2D eigenvalue weighted by atomic mass is 35.5. The van der Waals surface area contributed by atoms with Crippen molar-refractivity contribution in [1.29, 1.82) is 0 Å². The molecule has 0 saturated carbocycles. The first-order chi connectivity index (χ1) is 8.63. The van der Waals surface area contributed by atoms with Crippen molar-refractivity contribution in [2.24, 2.45) is 0 Å². The molecule has 0 radical (unpaired) electrons. The Kier molecular flexibility index (Phi) is 4.45. The molecule has 1 fully saturated rings. The van der Waals surface area contributed by atoms with Gasteiger partial charge in [0, 0.05) is 24.2 Å². The summed E-state index contributed by atoms with van der Waals surface area (Å²) in [7, 11) is 1.61. The van der Waals surface area contributed by atoms with Gasteiger partial charge in [0.05, 0.1) is 19.8 Å². The number of nitrogens with zero attached hydrogens (tertiary/aromatic N) is 1. The minimum absolute atomic E-state index is 0.00210. The third kappa shape index (κ3) is 2.95. The fourth-order valence-corrected chi connectivity index (χ4v) is 2.54. The molecule has 1 saturated heterocycles. The van der Waals surface area contributed by atoms with Crippen molar-refractivity contribution >= 4 is 11.6 Å². The number of hydrogen-bond donors (Lipinski definition) is 2. The highest BCUT2D eigenvalue weighted by Crippen LogP contribution is 2.26. The number of aliphatic hydroxyl groups is 2. The number of rotatable bonds is 4. The van der Waals surface area contributed by atoms with Gasteiger partial charge in [0.25, 0.3) is 0 Å². The van der Waals surface area contributed by atoms with Crippen molar-refractivity contribution in [3.05, 3.63) is 28.8 Å². The Balaban J connectivity index is 2.13. The smallest absolute Gasteiger partial charge is 0.119 e. The molecule has 100 valence electrons. The number of likely N-dealkylation sites (tertiary alicyclic amines) is 1. The Hall–Kier alpha value is -0.810. The Labute approximate surface area is 112 Å². The summed E-state index contributed by atoms with van der Waals surface area (Å²) in [6.07, 6.45) is 0.240. The van der Waals surface area contributed by atoms with Gasteiger partial charge in [-0.2, -0.15) is 0 Å². The standard InChI is InChI=1S/C13H18ClNO3/c1-18-12-2-3-13(14)9(4-12)6-15-7-11(17)5-10(15)8-16/h2-4,10-11,16-17H,5-8H2,1H3/t10-,11-/m1/s1. The summed E-state index contributed by atoms with van der Waals surface area (Å²) in [6.45, 7) is 1.23. The van der Waals surface area contributed by atoms with Gasteiger partial charge in [0.15, 0.2) is 0 Å². The molecule has 18 heavy (non-hydrogen) atoms. The Morgan fingerprint density at radius 3 is 2.94 bits per heavy atom. The minimum atomic E-state index is -0.369. The predicted octanol–water partition coefficient (Wildman–Crippen LogP) is 1.28. The molecule has 0 bridgehead atoms. The molecule has 0 amide bonds. The number of aliphatic hydroxyl groups excluding tert-OH is 2. The zero-order valence-electron chi connectivity index (χ0n) is 10.3. The van der Waals surface area contributed by atoms with Gasteiger partial charge in [-0.15, -0.1) is 0 Å². The van der Waals surface area contributed by atoms with E-state index >= 15 is 0 Å². The van der Waals surface area contributed by atoms with Crippen LogP contribution in [-0.2, 0) is 6.54 Å². The van der Waals surface area contributed by atoms with Crippen molar-refractivity contribution in [2.75, 3.05) is 20.3 Å². The van der Waals surface area contributed by atoms with Crippen LogP contribution in [0.3, 0.4) is 0 Å². The lowest BCUT2D eigenvalue weighted by Gasteiger charge is -2.23. The summed E-state index contributed by atoms with van der Waals surface area (Å²) in [5.74, 6) is 0.759. The van der Waals surface area contributed by atoms with Crippen LogP contribution in [0, 0.1) is 0 Å². The van der Waals surface area contributed by atoms with E-state index in [1.807, 2.05) is 17.0 Å². The molecule has 5 heteroatoms. The highest BCUT2D eigenvalue weighted by molar-refractivity contribution is 6.31. The van der Waals surface area contributed by atoms with Crippen LogP contribution in [0.5, 0.6) is 5.75 Å². The number of ether oxygens (including phenoxy) is 1. The maximum Gasteiger partial charge on any atom is 0.119 e. The van der Waals surface area contributed by atoms with E-state index in [0.29, 0.717) is 24.5 Å². The topological polar surface area (TPSA) is 52.9 Å². The molecule has 4 nitrogen and oxygen atoms in total. The number of benzene rings is 1. The average Bonchev–Trinajstić information content (AvgIpc) is 2.72. The van der Waals surface area contributed by atoms with Crippen molar-refractivity contribution in [2.45, 2.75) is 25.1 Å². The molecule has 0 aromatic heterocycles. The molecule has 2 N–H and O–H groups in total. The first-order valence-corrected chi connectivity index (χ1v) is 6.37. The van der Waals surface area contributed by atoms with Gasteiger partial charge in [-0.25, -0.2) is 0 Å². The maximum absolute atomic E-state index is 9.64. The molecular weight excluding hydrogens is 254 g/mol. The minimum Gasteiger partial charge on any atom is -0.497 e. The maximum atomic E-state index is 9.64. The van der Waals surface area contributed by atoms with E-state index < -0.39 is 0 Å². The third-order valence-corrected chi connectivity index (χ3v) is 3.71. The molecule has 1 heterocycles. The average molecular weight is 272 g/mol. The van der Waals surface area contributed by atoms with Gasteiger partial charge in [0.1, 0.15) is 5.75 Å². The van der Waals surface area contributed by atoms with Crippen LogP contribution in [-0.4, -0.2) is 47.5 Å². The van der Waals surface area contributed by atoms with E-state index in [1.54, 1.807) is 13.2 Å². The first-order valence-electron chi connectivity index (χ1n) is 5.99. The molecule has 0 spiro atoms. The normalized spacial score (nSPS) is 24.4. The second-order valence-corrected chi connectivity index (χ2v) is 5.02. The molecule has 0 unspecified atom stereocenters. The van der Waals surface area contributed by atoms with E-state index in [2.05, 4.69) is 0 Å². The molecule has 1 aromatic carbocycles. The van der Waals surface area contributed by atoms with Crippen LogP contribution < -0.4 is 4.74 Å². The second kappa shape index (κ2) is 5.89. The van der Waals surface area contributed by atoms with Crippen LogP contribution in [0.15, 0.2) is 18.2 Å². The molecule has 1 aliphatic heterocycles. The number of methoxy groups -OCH3 is 1. The quantitative estimate of drug-likeness (QED) is 0.866. The van der Waals surface area contributed by atoms with E-state index in [1.165, 1.54) is 0 Å². The Bertz CT molecular complexity index is 413. The van der Waals surface area contributed by atoms with E-state index in [9.17, 15) is 10.2 Å². The van der Waals surface area contributed by atoms with Crippen molar-refractivity contribution in [3.8, 4) is 5.75 Å². The molecule has 2 atom stereocenters. The van der Waals surface area contributed by atoms with E-state index in [-0.39, 0.29) is 18.8 Å². The van der Waals surface area contributed by atoms with Gasteiger partial charge in [-0.05, 0) is 30.2 Å². The van der Waals surface area contributed by atoms with Crippen molar-refractivity contribution in [3.63, 3.8) is 0 Å². The second-order valence-electron chi connectivity index (χ2n) is 4.61. The fourth-order valence-electron chi connectivity index (χ4n) is 2.36. The predicted molar refractivity (Wildman–Crippen MR) is 69.9 cm³/mol. The largest absolute Gasteiger partial charge is 0.497 e. The molecular formula is C13H18ClNO3. The zero-order chi connectivity index (χ0) is 13.1. The SMILES string of the molecule is COc1ccc(Cl)c(CN2C[C@H](O)C[C@@H]2CO)c1. The number of halogens is 1. The van der Waals surface area contributed by atoms with E-state index in [0.717, 1.165) is 11.3 Å².